The minimum absolute atomic E-state index is 0.0542. The number of imidazole rings is 1. The fraction of sp³-hybridized carbons (Fsp3) is 0.320. The third-order valence-corrected chi connectivity index (χ3v) is 6.30. The smallest absolute Gasteiger partial charge is 0.360 e. The number of anilines is 4. The molecule has 1 saturated heterocycles. The molecule has 0 unspecified atom stereocenters. The summed E-state index contributed by atoms with van der Waals surface area (Å²) in [6.45, 7) is 4.48. The van der Waals surface area contributed by atoms with Crippen molar-refractivity contribution in [1.82, 2.24) is 24.5 Å². The molecule has 0 atom stereocenters. The number of nitrogens with one attached hydrogen (secondary N) is 2. The van der Waals surface area contributed by atoms with Crippen LogP contribution in [0.1, 0.15) is 16.1 Å². The second kappa shape index (κ2) is 9.97. The van der Waals surface area contributed by atoms with E-state index in [0.29, 0.717) is 48.9 Å². The van der Waals surface area contributed by atoms with E-state index in [1.807, 2.05) is 18.5 Å². The Labute approximate surface area is 212 Å². The SMILES string of the molecule is CNc1nc(Nc2cc(C)c(N3CCOCC3)cc2F)c(C(=O)OC)nc1-c1cncc2c1ncn2C. The van der Waals surface area contributed by atoms with Gasteiger partial charge in [0.15, 0.2) is 17.3 Å². The molecule has 11 nitrogen and oxygen atoms in total. The molecule has 1 aliphatic heterocycles. The monoisotopic (exact) mass is 506 g/mol. The molecule has 0 spiro atoms. The first-order chi connectivity index (χ1) is 17.9. The van der Waals surface area contributed by atoms with Gasteiger partial charge >= 0.3 is 5.97 Å². The largest absolute Gasteiger partial charge is 0.464 e. The number of hydrogen-bond donors (Lipinski definition) is 2. The number of fused-ring (bicyclic) bond motifs is 1. The molecule has 1 aromatic carbocycles. The summed E-state index contributed by atoms with van der Waals surface area (Å²) >= 11 is 0. The summed E-state index contributed by atoms with van der Waals surface area (Å²) in [5, 5.41) is 5.97. The van der Waals surface area contributed by atoms with Crippen molar-refractivity contribution < 1.29 is 18.7 Å². The summed E-state index contributed by atoms with van der Waals surface area (Å²) < 4.78 is 27.5. The van der Waals surface area contributed by atoms with E-state index in [4.69, 9.17) is 9.47 Å². The molecule has 37 heavy (non-hydrogen) atoms. The number of benzene rings is 1. The molecule has 4 heterocycles. The minimum atomic E-state index is -0.720. The highest BCUT2D eigenvalue weighted by molar-refractivity contribution is 5.98. The van der Waals surface area contributed by atoms with Crippen LogP contribution in [0.2, 0.25) is 0 Å². The van der Waals surface area contributed by atoms with Crippen molar-refractivity contribution in [2.45, 2.75) is 6.92 Å². The minimum Gasteiger partial charge on any atom is -0.464 e. The van der Waals surface area contributed by atoms with E-state index in [1.165, 1.54) is 13.2 Å². The molecule has 5 rings (SSSR count). The predicted octanol–water partition coefficient (Wildman–Crippen LogP) is 3.28. The Morgan fingerprint density at radius 3 is 2.68 bits per heavy atom. The van der Waals surface area contributed by atoms with Crippen molar-refractivity contribution in [3.8, 4) is 11.3 Å². The number of hydrogen-bond acceptors (Lipinski definition) is 10. The van der Waals surface area contributed by atoms with Crippen molar-refractivity contribution in [2.75, 3.05) is 56.0 Å². The lowest BCUT2D eigenvalue weighted by Crippen LogP contribution is -2.36. The third kappa shape index (κ3) is 4.51. The van der Waals surface area contributed by atoms with E-state index in [2.05, 4.69) is 35.5 Å². The number of rotatable bonds is 6. The second-order valence-electron chi connectivity index (χ2n) is 8.61. The van der Waals surface area contributed by atoms with Gasteiger partial charge in [0.1, 0.15) is 17.0 Å². The highest BCUT2D eigenvalue weighted by atomic mass is 19.1. The molecule has 1 fully saturated rings. The van der Waals surface area contributed by atoms with Crippen LogP contribution in [0.25, 0.3) is 22.3 Å². The highest BCUT2D eigenvalue weighted by Crippen LogP contribution is 2.34. The number of carbonyl (C=O) groups excluding carboxylic acids is 1. The lowest BCUT2D eigenvalue weighted by molar-refractivity contribution is 0.0595. The summed E-state index contributed by atoms with van der Waals surface area (Å²) in [5.41, 5.74) is 4.13. The van der Waals surface area contributed by atoms with Crippen LogP contribution in [0.3, 0.4) is 0 Å². The van der Waals surface area contributed by atoms with E-state index in [0.717, 1.165) is 16.8 Å². The average molecular weight is 507 g/mol. The molecule has 12 heteroatoms. The fourth-order valence-corrected chi connectivity index (χ4v) is 4.38. The second-order valence-corrected chi connectivity index (χ2v) is 8.61. The normalized spacial score (nSPS) is 13.6. The van der Waals surface area contributed by atoms with Gasteiger partial charge in [-0.1, -0.05) is 0 Å². The van der Waals surface area contributed by atoms with E-state index < -0.39 is 11.8 Å². The molecule has 192 valence electrons. The summed E-state index contributed by atoms with van der Waals surface area (Å²) in [4.78, 5) is 32.8. The van der Waals surface area contributed by atoms with Crippen molar-refractivity contribution in [2.24, 2.45) is 7.05 Å². The van der Waals surface area contributed by atoms with Crippen LogP contribution in [0.15, 0.2) is 30.9 Å². The molecule has 0 aliphatic carbocycles. The Morgan fingerprint density at radius 1 is 1.16 bits per heavy atom. The van der Waals surface area contributed by atoms with E-state index >= 15 is 4.39 Å². The number of halogens is 1. The average Bonchev–Trinajstić information content (AvgIpc) is 3.31. The number of aromatic nitrogens is 5. The number of ether oxygens (including phenoxy) is 2. The van der Waals surface area contributed by atoms with Gasteiger partial charge in [0, 0.05) is 39.1 Å². The van der Waals surface area contributed by atoms with Gasteiger partial charge in [-0.05, 0) is 24.6 Å². The maximum absolute atomic E-state index is 15.3. The summed E-state index contributed by atoms with van der Waals surface area (Å²) in [6, 6.07) is 3.17. The topological polar surface area (TPSA) is 119 Å². The highest BCUT2D eigenvalue weighted by Gasteiger charge is 2.24. The molecule has 3 aromatic heterocycles. The Kier molecular flexibility index (Phi) is 6.57. The van der Waals surface area contributed by atoms with Crippen LogP contribution in [0.5, 0.6) is 0 Å². The molecular weight excluding hydrogens is 479 g/mol. The molecule has 0 amide bonds. The van der Waals surface area contributed by atoms with Crippen LogP contribution in [-0.4, -0.2) is 70.9 Å². The Morgan fingerprint density at radius 2 is 1.95 bits per heavy atom. The first-order valence-electron chi connectivity index (χ1n) is 11.7. The van der Waals surface area contributed by atoms with Crippen molar-refractivity contribution in [1.29, 1.82) is 0 Å². The number of morpholine rings is 1. The van der Waals surface area contributed by atoms with Crippen LogP contribution in [-0.2, 0) is 16.5 Å². The first-order valence-corrected chi connectivity index (χ1v) is 11.7. The number of esters is 1. The van der Waals surface area contributed by atoms with E-state index in [9.17, 15) is 4.79 Å². The number of carbonyl (C=O) groups is 1. The standard InChI is InChI=1S/C25H27FN8O3/c1-14-9-17(16(26)10-18(14)34-5-7-37-8-6-34)30-24-22(25(35)36-4)31-21(23(27-2)32-24)15-11-28-12-19-20(15)29-13-33(19)3/h9-13H,5-8H2,1-4H3,(H2,27,30,32). The van der Waals surface area contributed by atoms with Gasteiger partial charge in [-0.25, -0.2) is 24.1 Å². The quantitative estimate of drug-likeness (QED) is 0.377. The van der Waals surface area contributed by atoms with Crippen molar-refractivity contribution in [3.63, 3.8) is 0 Å². The number of aryl methyl sites for hydroxylation is 2. The summed E-state index contributed by atoms with van der Waals surface area (Å²) in [6.07, 6.45) is 4.98. The summed E-state index contributed by atoms with van der Waals surface area (Å²) in [7, 11) is 4.80. The van der Waals surface area contributed by atoms with Gasteiger partial charge in [-0.2, -0.15) is 0 Å². The van der Waals surface area contributed by atoms with Gasteiger partial charge < -0.3 is 29.6 Å². The molecule has 0 radical (unpaired) electrons. The molecule has 0 saturated carbocycles. The van der Waals surface area contributed by atoms with E-state index in [1.54, 1.807) is 31.8 Å². The number of methoxy groups -OCH3 is 1. The zero-order valence-corrected chi connectivity index (χ0v) is 21.0. The zero-order valence-electron chi connectivity index (χ0n) is 21.0. The number of nitrogens with zero attached hydrogens (tertiary/aromatic N) is 6. The Hall–Kier alpha value is -4.32. The third-order valence-electron chi connectivity index (χ3n) is 6.30. The maximum atomic E-state index is 15.3. The van der Waals surface area contributed by atoms with Crippen LogP contribution >= 0.6 is 0 Å². The van der Waals surface area contributed by atoms with Crippen molar-refractivity contribution >= 4 is 40.0 Å². The lowest BCUT2D eigenvalue weighted by atomic mass is 10.1. The lowest BCUT2D eigenvalue weighted by Gasteiger charge is -2.30. The summed E-state index contributed by atoms with van der Waals surface area (Å²) in [5.74, 6) is -0.792. The first kappa shape index (κ1) is 24.4. The van der Waals surface area contributed by atoms with Gasteiger partial charge in [-0.3, -0.25) is 4.98 Å². The molecule has 1 aliphatic rings. The molecule has 4 aromatic rings. The van der Waals surface area contributed by atoms with Gasteiger partial charge in [-0.15, -0.1) is 0 Å². The molecular formula is C25H27FN8O3. The van der Waals surface area contributed by atoms with Crippen LogP contribution < -0.4 is 15.5 Å². The fourth-order valence-electron chi connectivity index (χ4n) is 4.38. The molecule has 0 bridgehead atoms. The van der Waals surface area contributed by atoms with E-state index in [-0.39, 0.29) is 17.2 Å². The molecule has 2 N–H and O–H groups in total. The van der Waals surface area contributed by atoms with Crippen LogP contribution in [0, 0.1) is 12.7 Å². The van der Waals surface area contributed by atoms with Crippen LogP contribution in [0.4, 0.5) is 27.4 Å². The number of pyridine rings is 1. The predicted molar refractivity (Wildman–Crippen MR) is 138 cm³/mol. The van der Waals surface area contributed by atoms with Gasteiger partial charge in [0.05, 0.1) is 49.6 Å². The maximum Gasteiger partial charge on any atom is 0.360 e. The van der Waals surface area contributed by atoms with Crippen molar-refractivity contribution in [3.05, 3.63) is 47.9 Å². The Balaban J connectivity index is 1.59. The zero-order chi connectivity index (χ0) is 26.1. The Bertz CT molecular complexity index is 1480. The van der Waals surface area contributed by atoms with Gasteiger partial charge in [0.2, 0.25) is 0 Å². The van der Waals surface area contributed by atoms with Gasteiger partial charge in [0.25, 0.3) is 0 Å².